The van der Waals surface area contributed by atoms with Gasteiger partial charge in [-0.3, -0.25) is 0 Å². The predicted octanol–water partition coefficient (Wildman–Crippen LogP) is 5.62. The Hall–Kier alpha value is -1.55. The first-order valence-corrected chi connectivity index (χ1v) is 15.2. The normalized spacial score (nSPS) is 46.2. The Morgan fingerprint density at radius 1 is 1.03 bits per heavy atom. The van der Waals surface area contributed by atoms with Gasteiger partial charge in [0.25, 0.3) is 0 Å². The molecule has 0 radical (unpaired) electrons. The summed E-state index contributed by atoms with van der Waals surface area (Å²) in [6, 6.07) is 8.28. The third-order valence-corrected chi connectivity index (χ3v) is 12.9. The zero-order valence-corrected chi connectivity index (χ0v) is 24.5. The second kappa shape index (κ2) is 8.05. The quantitative estimate of drug-likeness (QED) is 0.460. The Balaban J connectivity index is 1.17. The zero-order chi connectivity index (χ0) is 26.8. The van der Waals surface area contributed by atoms with E-state index >= 15 is 0 Å². The van der Waals surface area contributed by atoms with Crippen LogP contribution < -0.4 is 0 Å². The highest BCUT2D eigenvalue weighted by Gasteiger charge is 2.78. The number of aliphatic hydroxyl groups excluding tert-OH is 1. The van der Waals surface area contributed by atoms with Crippen LogP contribution in [0.3, 0.4) is 0 Å². The number of aromatic nitrogens is 2. The Bertz CT molecular complexity index is 1360. The molecule has 3 saturated carbocycles. The van der Waals surface area contributed by atoms with Crippen LogP contribution in [-0.2, 0) is 25.4 Å². The lowest BCUT2D eigenvalue weighted by Crippen LogP contribution is -2.69. The molecule has 208 valence electrons. The molecule has 2 spiro atoms. The van der Waals surface area contributed by atoms with Crippen molar-refractivity contribution in [3.63, 3.8) is 0 Å². The van der Waals surface area contributed by atoms with E-state index in [4.69, 9.17) is 24.0 Å². The van der Waals surface area contributed by atoms with Gasteiger partial charge in [0.1, 0.15) is 12.2 Å². The fraction of sp³-hybridized carbons (Fsp3) is 0.645. The van der Waals surface area contributed by atoms with E-state index in [0.717, 1.165) is 48.0 Å². The van der Waals surface area contributed by atoms with Gasteiger partial charge < -0.3 is 24.1 Å². The number of hydrogen-bond donors (Lipinski definition) is 1. The van der Waals surface area contributed by atoms with E-state index in [1.165, 1.54) is 11.1 Å². The Morgan fingerprint density at radius 2 is 1.82 bits per heavy atom. The maximum atomic E-state index is 12.3. The van der Waals surface area contributed by atoms with Gasteiger partial charge in [0.15, 0.2) is 13.6 Å². The molecule has 8 atom stereocenters. The van der Waals surface area contributed by atoms with E-state index in [1.807, 2.05) is 4.68 Å². The second-order valence-electron chi connectivity index (χ2n) is 13.4. The van der Waals surface area contributed by atoms with Crippen LogP contribution in [0.2, 0.25) is 0 Å². The number of rotatable bonds is 1. The molecule has 8 heteroatoms. The van der Waals surface area contributed by atoms with Crippen LogP contribution in [0.5, 0.6) is 0 Å². The van der Waals surface area contributed by atoms with Crippen molar-refractivity contribution >= 4 is 22.0 Å². The zero-order valence-electron chi connectivity index (χ0n) is 22.9. The molecule has 2 saturated heterocycles. The average Bonchev–Trinajstić information content (AvgIpc) is 3.68. The first-order chi connectivity index (χ1) is 18.7. The molecule has 6 aliphatic rings. The van der Waals surface area contributed by atoms with Crippen LogP contribution in [0.25, 0.3) is 11.8 Å². The number of nitrogens with zero attached hydrogens (tertiary/aromatic N) is 2. The average molecular weight is 598 g/mol. The monoisotopic (exact) mass is 596 g/mol. The predicted molar refractivity (Wildman–Crippen MR) is 148 cm³/mol. The molecule has 1 N–H and O–H groups in total. The second-order valence-corrected chi connectivity index (χ2v) is 14.4. The molecule has 7 nitrogen and oxygen atoms in total. The molecule has 1 aromatic carbocycles. The van der Waals surface area contributed by atoms with E-state index in [9.17, 15) is 5.11 Å². The molecule has 4 aliphatic carbocycles. The van der Waals surface area contributed by atoms with Gasteiger partial charge in [0.05, 0.1) is 17.5 Å². The summed E-state index contributed by atoms with van der Waals surface area (Å²) >= 11 is 3.54. The number of halogens is 1. The number of fused-ring (bicyclic) bond motifs is 8. The van der Waals surface area contributed by atoms with Gasteiger partial charge in [-0.2, -0.15) is 5.10 Å². The number of ether oxygens (including phenoxy) is 4. The molecular formula is C31H37BrN2O5. The minimum atomic E-state index is -0.866. The lowest BCUT2D eigenvalue weighted by Gasteiger charge is -2.67. The standard InChI is InChI=1S/C31H37BrN2O5/c1-27-13-19-15-34(22-7-5-21(32)6-8-22)33-25(19)12-20(27)4-9-24-23-10-11-30(28(23,2)14-26(35)29(24,27)3)31(39-18-37-30)16-36-17-38-31/h5-8,12,15,23-24,26,35H,4,9-11,13-14,16-18H2,1-3H3/t23-,24-,26-,27-,28-,29+,30+,31?/m0/s1. The van der Waals surface area contributed by atoms with Crippen LogP contribution in [0.1, 0.15) is 64.1 Å². The summed E-state index contributed by atoms with van der Waals surface area (Å²) in [6.07, 6.45) is 9.66. The molecule has 1 unspecified atom stereocenters. The highest BCUT2D eigenvalue weighted by molar-refractivity contribution is 9.10. The van der Waals surface area contributed by atoms with Crippen LogP contribution in [0.4, 0.5) is 0 Å². The van der Waals surface area contributed by atoms with Gasteiger partial charge in [-0.15, -0.1) is 0 Å². The van der Waals surface area contributed by atoms with E-state index in [2.05, 4.69) is 73.2 Å². The summed E-state index contributed by atoms with van der Waals surface area (Å²) in [7, 11) is 0. The summed E-state index contributed by atoms with van der Waals surface area (Å²) in [5.41, 5.74) is 3.57. The van der Waals surface area contributed by atoms with Crippen LogP contribution in [0.15, 0.2) is 40.5 Å². The third-order valence-electron chi connectivity index (χ3n) is 12.4. The Morgan fingerprint density at radius 3 is 2.59 bits per heavy atom. The smallest absolute Gasteiger partial charge is 0.226 e. The Labute approximate surface area is 238 Å². The van der Waals surface area contributed by atoms with Crippen molar-refractivity contribution in [2.45, 2.75) is 76.8 Å². The maximum Gasteiger partial charge on any atom is 0.226 e. The number of hydrogen-bond acceptors (Lipinski definition) is 6. The van der Waals surface area contributed by atoms with Crippen molar-refractivity contribution in [1.82, 2.24) is 9.78 Å². The van der Waals surface area contributed by atoms with Crippen LogP contribution in [0, 0.1) is 28.1 Å². The van der Waals surface area contributed by atoms with Crippen LogP contribution >= 0.6 is 15.9 Å². The summed E-state index contributed by atoms with van der Waals surface area (Å²) in [5.74, 6) is -0.0760. The third kappa shape index (κ3) is 2.93. The van der Waals surface area contributed by atoms with Gasteiger partial charge >= 0.3 is 0 Å². The molecule has 0 bridgehead atoms. The van der Waals surface area contributed by atoms with E-state index in [0.29, 0.717) is 24.9 Å². The summed E-state index contributed by atoms with van der Waals surface area (Å²) in [4.78, 5) is 0. The molecule has 1 aromatic heterocycles. The molecule has 39 heavy (non-hydrogen) atoms. The van der Waals surface area contributed by atoms with Crippen molar-refractivity contribution in [3.8, 4) is 5.69 Å². The van der Waals surface area contributed by atoms with Crippen LogP contribution in [-0.4, -0.2) is 52.6 Å². The van der Waals surface area contributed by atoms with Gasteiger partial charge in [-0.1, -0.05) is 42.3 Å². The summed E-state index contributed by atoms with van der Waals surface area (Å²) in [6.45, 7) is 7.97. The van der Waals surface area contributed by atoms with E-state index in [1.54, 1.807) is 0 Å². The minimum absolute atomic E-state index is 0.148. The largest absolute Gasteiger partial charge is 0.392 e. The molecule has 8 rings (SSSR count). The summed E-state index contributed by atoms with van der Waals surface area (Å²) in [5, 5.41) is 17.3. The SMILES string of the molecule is C[C@]12[C@@H](O)C[C@@]3(C)[C@@H](CC[C@@]34OCOC43COCO3)[C@@H]1CCC1=Cc3nn(-c4ccc(Br)cc4)cc3C[C@@]12C. The number of benzene rings is 1. The molecule has 0 amide bonds. The van der Waals surface area contributed by atoms with Crippen molar-refractivity contribution in [2.75, 3.05) is 20.2 Å². The lowest BCUT2D eigenvalue weighted by atomic mass is 9.39. The first kappa shape index (κ1) is 25.2. The first-order valence-electron chi connectivity index (χ1n) is 14.4. The fourth-order valence-corrected chi connectivity index (χ4v) is 10.5. The molecule has 2 aliphatic heterocycles. The Kier molecular flexibility index (Phi) is 5.20. The fourth-order valence-electron chi connectivity index (χ4n) is 10.2. The molecule has 3 heterocycles. The highest BCUT2D eigenvalue weighted by atomic mass is 79.9. The van der Waals surface area contributed by atoms with Crippen molar-refractivity contribution in [2.24, 2.45) is 28.1 Å². The molecule has 5 fully saturated rings. The van der Waals surface area contributed by atoms with E-state index < -0.39 is 17.5 Å². The maximum absolute atomic E-state index is 12.3. The minimum Gasteiger partial charge on any atom is -0.392 e. The van der Waals surface area contributed by atoms with Crippen molar-refractivity contribution < 1.29 is 24.1 Å². The topological polar surface area (TPSA) is 75.0 Å². The van der Waals surface area contributed by atoms with Crippen molar-refractivity contribution in [3.05, 3.63) is 51.8 Å². The van der Waals surface area contributed by atoms with Gasteiger partial charge in [0, 0.05) is 26.9 Å². The van der Waals surface area contributed by atoms with E-state index in [-0.39, 0.29) is 29.8 Å². The van der Waals surface area contributed by atoms with Gasteiger partial charge in [-0.05, 0) is 86.3 Å². The molecular weight excluding hydrogens is 560 g/mol. The summed E-state index contributed by atoms with van der Waals surface area (Å²) < 4.78 is 27.6. The molecule has 2 aromatic rings. The lowest BCUT2D eigenvalue weighted by molar-refractivity contribution is -0.268. The van der Waals surface area contributed by atoms with Crippen molar-refractivity contribution in [1.29, 1.82) is 0 Å². The highest BCUT2D eigenvalue weighted by Crippen LogP contribution is 2.75. The number of allylic oxidation sites excluding steroid dienone is 1. The van der Waals surface area contributed by atoms with Gasteiger partial charge in [-0.25, -0.2) is 4.68 Å². The van der Waals surface area contributed by atoms with Gasteiger partial charge in [0.2, 0.25) is 5.79 Å². The number of aliphatic hydroxyl groups is 1.